The summed E-state index contributed by atoms with van der Waals surface area (Å²) in [6.45, 7) is 2.10. The molecule has 0 atom stereocenters. The molecule has 0 spiro atoms. The Labute approximate surface area is 115 Å². The standard InChI is InChI=1S/C12H13N3O4S/c1-2-19-12-9(4-3-6-14-12)15-20(17,18)11-8-13-7-5-10(11)16/h3-8,15H,2H2,1H3,(H,13,16). The summed E-state index contributed by atoms with van der Waals surface area (Å²) in [6.07, 6.45) is 3.97. The van der Waals surface area contributed by atoms with Gasteiger partial charge in [-0.05, 0) is 19.1 Å². The van der Waals surface area contributed by atoms with Gasteiger partial charge >= 0.3 is 0 Å². The molecule has 106 valence electrons. The van der Waals surface area contributed by atoms with Crippen molar-refractivity contribution in [3.63, 3.8) is 0 Å². The van der Waals surface area contributed by atoms with E-state index in [1.54, 1.807) is 13.0 Å². The van der Waals surface area contributed by atoms with Crippen molar-refractivity contribution < 1.29 is 13.2 Å². The summed E-state index contributed by atoms with van der Waals surface area (Å²) in [6, 6.07) is 4.21. The number of aromatic amines is 1. The van der Waals surface area contributed by atoms with E-state index < -0.39 is 15.5 Å². The number of hydrogen-bond donors (Lipinski definition) is 2. The van der Waals surface area contributed by atoms with Gasteiger partial charge in [-0.15, -0.1) is 0 Å². The van der Waals surface area contributed by atoms with Crippen LogP contribution in [0.15, 0.2) is 46.5 Å². The van der Waals surface area contributed by atoms with Crippen LogP contribution in [0.2, 0.25) is 0 Å². The molecule has 0 saturated carbocycles. The first-order chi connectivity index (χ1) is 9.54. The minimum atomic E-state index is -4.00. The number of nitrogens with one attached hydrogen (secondary N) is 2. The number of pyridine rings is 2. The number of sulfonamides is 1. The van der Waals surface area contributed by atoms with Crippen LogP contribution in [-0.4, -0.2) is 25.0 Å². The molecule has 2 aromatic heterocycles. The molecular weight excluding hydrogens is 282 g/mol. The van der Waals surface area contributed by atoms with E-state index in [-0.39, 0.29) is 16.5 Å². The third-order valence-corrected chi connectivity index (χ3v) is 3.76. The van der Waals surface area contributed by atoms with Gasteiger partial charge in [0.1, 0.15) is 5.69 Å². The van der Waals surface area contributed by atoms with Crippen LogP contribution in [0.1, 0.15) is 6.92 Å². The van der Waals surface area contributed by atoms with Crippen LogP contribution in [0.4, 0.5) is 5.69 Å². The van der Waals surface area contributed by atoms with E-state index >= 15 is 0 Å². The summed E-state index contributed by atoms with van der Waals surface area (Å²) in [5.74, 6) is 0.158. The lowest BCUT2D eigenvalue weighted by Gasteiger charge is -2.11. The largest absolute Gasteiger partial charge is 0.476 e. The van der Waals surface area contributed by atoms with Gasteiger partial charge in [0.15, 0.2) is 4.90 Å². The Kier molecular flexibility index (Phi) is 4.04. The topological polar surface area (TPSA) is 101 Å². The maximum Gasteiger partial charge on any atom is 0.267 e. The normalized spacial score (nSPS) is 11.1. The van der Waals surface area contributed by atoms with Crippen LogP contribution >= 0.6 is 0 Å². The number of ether oxygens (including phenoxy) is 1. The zero-order valence-corrected chi connectivity index (χ0v) is 11.5. The van der Waals surface area contributed by atoms with Crippen molar-refractivity contribution in [1.82, 2.24) is 9.97 Å². The zero-order chi connectivity index (χ0) is 14.6. The summed E-state index contributed by atoms with van der Waals surface area (Å²) in [5, 5.41) is 0. The Balaban J connectivity index is 2.39. The summed E-state index contributed by atoms with van der Waals surface area (Å²) in [7, 11) is -4.00. The third-order valence-electron chi connectivity index (χ3n) is 2.37. The molecule has 2 rings (SSSR count). The molecule has 0 aliphatic heterocycles. The molecule has 0 unspecified atom stereocenters. The highest BCUT2D eigenvalue weighted by atomic mass is 32.2. The Morgan fingerprint density at radius 3 is 2.90 bits per heavy atom. The summed E-state index contributed by atoms with van der Waals surface area (Å²) in [4.78, 5) is 17.7. The maximum absolute atomic E-state index is 12.2. The Bertz CT molecular complexity index is 755. The van der Waals surface area contributed by atoms with E-state index in [2.05, 4.69) is 14.7 Å². The van der Waals surface area contributed by atoms with Gasteiger partial charge in [-0.3, -0.25) is 9.52 Å². The number of anilines is 1. The lowest BCUT2D eigenvalue weighted by Crippen LogP contribution is -2.21. The molecule has 0 aromatic carbocycles. The number of hydrogen-bond acceptors (Lipinski definition) is 5. The quantitative estimate of drug-likeness (QED) is 0.856. The molecule has 2 N–H and O–H groups in total. The fourth-order valence-corrected chi connectivity index (χ4v) is 2.64. The second kappa shape index (κ2) is 5.74. The summed E-state index contributed by atoms with van der Waals surface area (Å²) in [5.41, 5.74) is -0.421. The number of aromatic nitrogens is 2. The van der Waals surface area contributed by atoms with Crippen molar-refractivity contribution in [2.75, 3.05) is 11.3 Å². The molecule has 0 radical (unpaired) electrons. The highest BCUT2D eigenvalue weighted by Crippen LogP contribution is 2.23. The highest BCUT2D eigenvalue weighted by molar-refractivity contribution is 7.92. The molecule has 0 bridgehead atoms. The predicted octanol–water partition coefficient (Wildman–Crippen LogP) is 0.969. The van der Waals surface area contributed by atoms with Crippen molar-refractivity contribution in [2.24, 2.45) is 0 Å². The van der Waals surface area contributed by atoms with Crippen LogP contribution in [0.3, 0.4) is 0 Å². The van der Waals surface area contributed by atoms with E-state index in [4.69, 9.17) is 4.74 Å². The van der Waals surface area contributed by atoms with Crippen molar-refractivity contribution in [3.8, 4) is 5.88 Å². The van der Waals surface area contributed by atoms with Gasteiger partial charge in [0.05, 0.1) is 6.61 Å². The van der Waals surface area contributed by atoms with Gasteiger partial charge in [0.2, 0.25) is 11.3 Å². The number of rotatable bonds is 5. The van der Waals surface area contributed by atoms with Crippen molar-refractivity contribution in [2.45, 2.75) is 11.8 Å². The van der Waals surface area contributed by atoms with Crippen molar-refractivity contribution >= 4 is 15.7 Å². The first-order valence-corrected chi connectivity index (χ1v) is 7.30. The molecule has 0 amide bonds. The van der Waals surface area contributed by atoms with Gasteiger partial charge in [0.25, 0.3) is 10.0 Å². The molecular formula is C12H13N3O4S. The molecule has 0 aliphatic carbocycles. The lowest BCUT2D eigenvalue weighted by atomic mass is 10.4. The SMILES string of the molecule is CCOc1ncccc1NS(=O)(=O)c1c[nH]ccc1=O. The van der Waals surface area contributed by atoms with Crippen LogP contribution in [0.25, 0.3) is 0 Å². The monoisotopic (exact) mass is 295 g/mol. The van der Waals surface area contributed by atoms with E-state index in [1.807, 2.05) is 0 Å². The van der Waals surface area contributed by atoms with Crippen LogP contribution < -0.4 is 14.9 Å². The van der Waals surface area contributed by atoms with Gasteiger partial charge in [-0.25, -0.2) is 13.4 Å². The van der Waals surface area contributed by atoms with E-state index in [1.165, 1.54) is 18.5 Å². The molecule has 0 saturated heterocycles. The highest BCUT2D eigenvalue weighted by Gasteiger charge is 2.19. The Morgan fingerprint density at radius 2 is 2.20 bits per heavy atom. The zero-order valence-electron chi connectivity index (χ0n) is 10.7. The molecule has 2 aromatic rings. The van der Waals surface area contributed by atoms with Crippen LogP contribution in [0.5, 0.6) is 5.88 Å². The first kappa shape index (κ1) is 14.1. The third kappa shape index (κ3) is 2.97. The fraction of sp³-hybridized carbons (Fsp3) is 0.167. The van der Waals surface area contributed by atoms with Crippen molar-refractivity contribution in [3.05, 3.63) is 47.0 Å². The molecule has 8 heteroatoms. The number of H-pyrrole nitrogens is 1. The second-order valence-electron chi connectivity index (χ2n) is 3.77. The van der Waals surface area contributed by atoms with E-state index in [0.717, 1.165) is 12.3 Å². The van der Waals surface area contributed by atoms with Gasteiger partial charge in [-0.1, -0.05) is 0 Å². The molecule has 0 fully saturated rings. The maximum atomic E-state index is 12.2. The average Bonchev–Trinajstić information content (AvgIpc) is 2.41. The second-order valence-corrected chi connectivity index (χ2v) is 5.42. The fourth-order valence-electron chi connectivity index (χ4n) is 1.53. The van der Waals surface area contributed by atoms with Crippen LogP contribution in [0, 0.1) is 0 Å². The Hall–Kier alpha value is -2.35. The summed E-state index contributed by atoms with van der Waals surface area (Å²) < 4.78 is 31.8. The smallest absolute Gasteiger partial charge is 0.267 e. The minimum Gasteiger partial charge on any atom is -0.476 e. The summed E-state index contributed by atoms with van der Waals surface area (Å²) >= 11 is 0. The lowest BCUT2D eigenvalue weighted by molar-refractivity contribution is 0.329. The number of nitrogens with zero attached hydrogens (tertiary/aromatic N) is 1. The van der Waals surface area contributed by atoms with Gasteiger partial charge in [-0.2, -0.15) is 0 Å². The predicted molar refractivity (Wildman–Crippen MR) is 73.3 cm³/mol. The van der Waals surface area contributed by atoms with E-state index in [9.17, 15) is 13.2 Å². The van der Waals surface area contributed by atoms with Crippen molar-refractivity contribution in [1.29, 1.82) is 0 Å². The van der Waals surface area contributed by atoms with Gasteiger partial charge in [0, 0.05) is 24.7 Å². The minimum absolute atomic E-state index is 0.158. The van der Waals surface area contributed by atoms with Gasteiger partial charge < -0.3 is 9.72 Å². The molecule has 7 nitrogen and oxygen atoms in total. The van der Waals surface area contributed by atoms with E-state index in [0.29, 0.717) is 6.61 Å². The molecule has 0 aliphatic rings. The molecule has 20 heavy (non-hydrogen) atoms. The van der Waals surface area contributed by atoms with Crippen LogP contribution in [-0.2, 0) is 10.0 Å². The first-order valence-electron chi connectivity index (χ1n) is 5.82. The average molecular weight is 295 g/mol. The Morgan fingerprint density at radius 1 is 1.40 bits per heavy atom. The molecule has 2 heterocycles.